The lowest BCUT2D eigenvalue weighted by Crippen LogP contribution is -2.19. The van der Waals surface area contributed by atoms with E-state index in [2.05, 4.69) is 126 Å². The minimum atomic E-state index is 0.0401. The number of benzene rings is 3. The standard InChI is InChI=1S/C36H29N3O/c1-24-8-4-5-17-39(34-20-33-31-13-2-3-14-35(31)40-36(33)21-32(24)34)30-12-7-11-27(19-30)25-9-6-10-26(18-25)28-15-16-29(22-37)38-23-28/h2-22,31,35,37-38H,1,23H2/b8-4-,17-5-,37-22?. The third kappa shape index (κ3) is 4.24. The SMILES string of the molecule is C=C1/C=C\C=C/N(c2cccc(-c3cccc(C4=CC=C(C=N)NC4)c3)c2)c2cc3c(cc21)OC1C=CC=CC31. The summed E-state index contributed by atoms with van der Waals surface area (Å²) in [6.45, 7) is 5.08. The molecular formula is C36H29N3O. The normalized spacial score (nSPS) is 21.9. The molecule has 4 heteroatoms. The molecule has 0 fully saturated rings. The van der Waals surface area contributed by atoms with Crippen molar-refractivity contribution in [2.75, 3.05) is 11.4 Å². The van der Waals surface area contributed by atoms with E-state index in [1.165, 1.54) is 22.9 Å². The number of nitrogens with zero attached hydrogens (tertiary/aromatic N) is 1. The fourth-order valence-electron chi connectivity index (χ4n) is 5.77. The topological polar surface area (TPSA) is 48.4 Å². The zero-order valence-electron chi connectivity index (χ0n) is 22.0. The fourth-order valence-corrected chi connectivity index (χ4v) is 5.77. The molecule has 2 atom stereocenters. The van der Waals surface area contributed by atoms with Crippen molar-refractivity contribution in [1.82, 2.24) is 5.32 Å². The van der Waals surface area contributed by atoms with Crippen LogP contribution in [0.1, 0.15) is 22.6 Å². The van der Waals surface area contributed by atoms with Crippen LogP contribution in [0.4, 0.5) is 11.4 Å². The van der Waals surface area contributed by atoms with Crippen LogP contribution in [0.2, 0.25) is 0 Å². The highest BCUT2D eigenvalue weighted by Crippen LogP contribution is 2.47. The molecule has 0 bridgehead atoms. The molecule has 3 heterocycles. The molecule has 0 spiro atoms. The monoisotopic (exact) mass is 519 g/mol. The molecule has 0 aromatic heterocycles. The number of rotatable bonds is 4. The first-order valence-corrected chi connectivity index (χ1v) is 13.6. The van der Waals surface area contributed by atoms with Gasteiger partial charge in [0.25, 0.3) is 0 Å². The number of nitrogens with one attached hydrogen (secondary N) is 2. The summed E-state index contributed by atoms with van der Waals surface area (Å²) in [5, 5.41) is 10.8. The Morgan fingerprint density at radius 2 is 1.73 bits per heavy atom. The Balaban J connectivity index is 1.29. The quantitative estimate of drug-likeness (QED) is 0.343. The molecule has 1 aliphatic carbocycles. The second-order valence-electron chi connectivity index (χ2n) is 10.3. The van der Waals surface area contributed by atoms with Crippen LogP contribution in [0, 0.1) is 5.41 Å². The van der Waals surface area contributed by atoms with Gasteiger partial charge in [0.1, 0.15) is 11.9 Å². The van der Waals surface area contributed by atoms with Crippen LogP contribution in [0.25, 0.3) is 22.3 Å². The van der Waals surface area contributed by atoms with E-state index in [1.54, 1.807) is 0 Å². The number of allylic oxidation sites excluding steroid dienone is 9. The predicted octanol–water partition coefficient (Wildman–Crippen LogP) is 8.08. The number of anilines is 2. The van der Waals surface area contributed by atoms with Gasteiger partial charge in [0.15, 0.2) is 0 Å². The maximum Gasteiger partial charge on any atom is 0.128 e. The Morgan fingerprint density at radius 3 is 2.58 bits per heavy atom. The Morgan fingerprint density at radius 1 is 0.900 bits per heavy atom. The zero-order chi connectivity index (χ0) is 27.1. The second kappa shape index (κ2) is 9.90. The Hall–Kier alpha value is -5.09. The Bertz CT molecular complexity index is 1730. The molecule has 4 aliphatic rings. The van der Waals surface area contributed by atoms with Crippen molar-refractivity contribution in [2.24, 2.45) is 0 Å². The highest BCUT2D eigenvalue weighted by Gasteiger charge is 2.34. The first-order valence-electron chi connectivity index (χ1n) is 13.6. The number of hydrogen-bond donors (Lipinski definition) is 2. The van der Waals surface area contributed by atoms with Crippen LogP contribution in [0.3, 0.4) is 0 Å². The lowest BCUT2D eigenvalue weighted by molar-refractivity contribution is 0.269. The average Bonchev–Trinajstić information content (AvgIpc) is 3.37. The molecule has 7 rings (SSSR count). The van der Waals surface area contributed by atoms with Gasteiger partial charge in [-0.25, -0.2) is 0 Å². The molecule has 194 valence electrons. The molecule has 2 N–H and O–H groups in total. The van der Waals surface area contributed by atoms with Crippen molar-refractivity contribution in [3.63, 3.8) is 0 Å². The molecule has 3 aromatic rings. The van der Waals surface area contributed by atoms with E-state index in [4.69, 9.17) is 10.1 Å². The maximum atomic E-state index is 7.46. The third-order valence-electron chi connectivity index (χ3n) is 7.88. The summed E-state index contributed by atoms with van der Waals surface area (Å²) in [7, 11) is 0. The van der Waals surface area contributed by atoms with Crippen LogP contribution in [0.15, 0.2) is 134 Å². The van der Waals surface area contributed by atoms with E-state index in [-0.39, 0.29) is 12.0 Å². The van der Waals surface area contributed by atoms with E-state index < -0.39 is 0 Å². The van der Waals surface area contributed by atoms with Gasteiger partial charge in [-0.15, -0.1) is 0 Å². The lowest BCUT2D eigenvalue weighted by Gasteiger charge is -2.26. The number of dihydropyridines is 1. The zero-order valence-corrected chi connectivity index (χ0v) is 22.0. The summed E-state index contributed by atoms with van der Waals surface area (Å²) < 4.78 is 6.33. The van der Waals surface area contributed by atoms with Crippen molar-refractivity contribution >= 4 is 28.7 Å². The molecule has 3 aromatic carbocycles. The summed E-state index contributed by atoms with van der Waals surface area (Å²) in [5.41, 5.74) is 10.9. The van der Waals surface area contributed by atoms with Crippen molar-refractivity contribution in [1.29, 1.82) is 5.41 Å². The minimum Gasteiger partial charge on any atom is -0.485 e. The van der Waals surface area contributed by atoms with Gasteiger partial charge in [-0.3, -0.25) is 0 Å². The number of ether oxygens (including phenoxy) is 1. The van der Waals surface area contributed by atoms with Gasteiger partial charge in [-0.2, -0.15) is 0 Å². The molecule has 0 radical (unpaired) electrons. The number of fused-ring (bicyclic) bond motifs is 4. The van der Waals surface area contributed by atoms with Gasteiger partial charge in [0.05, 0.1) is 11.4 Å². The van der Waals surface area contributed by atoms with Crippen LogP contribution >= 0.6 is 0 Å². The molecular weight excluding hydrogens is 490 g/mol. The summed E-state index contributed by atoms with van der Waals surface area (Å²) in [4.78, 5) is 2.25. The van der Waals surface area contributed by atoms with Crippen LogP contribution in [-0.4, -0.2) is 18.9 Å². The highest BCUT2D eigenvalue weighted by molar-refractivity contribution is 5.88. The summed E-state index contributed by atoms with van der Waals surface area (Å²) in [6, 6.07) is 21.8. The summed E-state index contributed by atoms with van der Waals surface area (Å²) in [6.07, 6.45) is 22.2. The Labute approximate surface area is 234 Å². The molecule has 2 unspecified atom stereocenters. The van der Waals surface area contributed by atoms with Gasteiger partial charge in [-0.05, 0) is 76.4 Å². The van der Waals surface area contributed by atoms with E-state index in [9.17, 15) is 0 Å². The van der Waals surface area contributed by atoms with Gasteiger partial charge in [0, 0.05) is 41.7 Å². The number of hydrogen-bond acceptors (Lipinski definition) is 4. The molecule has 40 heavy (non-hydrogen) atoms. The molecule has 3 aliphatic heterocycles. The van der Waals surface area contributed by atoms with E-state index in [1.807, 2.05) is 12.2 Å². The largest absolute Gasteiger partial charge is 0.485 e. The summed E-state index contributed by atoms with van der Waals surface area (Å²) >= 11 is 0. The Kier molecular flexibility index (Phi) is 5.94. The smallest absolute Gasteiger partial charge is 0.128 e. The van der Waals surface area contributed by atoms with Crippen molar-refractivity contribution in [3.05, 3.63) is 151 Å². The first kappa shape index (κ1) is 24.0. The van der Waals surface area contributed by atoms with Crippen LogP contribution in [0.5, 0.6) is 5.75 Å². The van der Waals surface area contributed by atoms with E-state index >= 15 is 0 Å². The second-order valence-corrected chi connectivity index (χ2v) is 10.3. The average molecular weight is 520 g/mol. The van der Waals surface area contributed by atoms with Gasteiger partial charge in [-0.1, -0.05) is 73.4 Å². The third-order valence-corrected chi connectivity index (χ3v) is 7.88. The van der Waals surface area contributed by atoms with Crippen LogP contribution in [-0.2, 0) is 0 Å². The van der Waals surface area contributed by atoms with E-state index in [0.717, 1.165) is 45.1 Å². The molecule has 0 saturated heterocycles. The van der Waals surface area contributed by atoms with E-state index in [0.29, 0.717) is 6.54 Å². The van der Waals surface area contributed by atoms with Crippen molar-refractivity contribution < 1.29 is 4.74 Å². The fraction of sp³-hybridized carbons (Fsp3) is 0.0833. The summed E-state index contributed by atoms with van der Waals surface area (Å²) in [5.74, 6) is 1.15. The van der Waals surface area contributed by atoms with Gasteiger partial charge in [0.2, 0.25) is 0 Å². The molecule has 0 saturated carbocycles. The minimum absolute atomic E-state index is 0.0401. The van der Waals surface area contributed by atoms with Gasteiger partial charge >= 0.3 is 0 Å². The van der Waals surface area contributed by atoms with Crippen molar-refractivity contribution in [3.8, 4) is 16.9 Å². The maximum absolute atomic E-state index is 7.46. The van der Waals surface area contributed by atoms with Crippen LogP contribution < -0.4 is 15.0 Å². The molecule has 0 amide bonds. The molecule has 4 nitrogen and oxygen atoms in total. The first-order chi connectivity index (χ1) is 19.7. The lowest BCUT2D eigenvalue weighted by atomic mass is 9.89. The predicted molar refractivity (Wildman–Crippen MR) is 166 cm³/mol. The van der Waals surface area contributed by atoms with Crippen molar-refractivity contribution in [2.45, 2.75) is 12.0 Å². The highest BCUT2D eigenvalue weighted by atomic mass is 16.5. The van der Waals surface area contributed by atoms with Gasteiger partial charge < -0.3 is 20.4 Å².